The Labute approximate surface area is 100 Å². The van der Waals surface area contributed by atoms with Crippen LogP contribution in [0, 0.1) is 5.41 Å². The van der Waals surface area contributed by atoms with Gasteiger partial charge >= 0.3 is 0 Å². The number of halogens is 1. The normalized spacial score (nSPS) is 14.3. The Kier molecular flexibility index (Phi) is 3.95. The highest BCUT2D eigenvalue weighted by atomic mass is 79.9. The SMILES string of the molecule is Cn1ncc(Br)c1CCC(N)C(C)(C)C. The molecule has 1 atom stereocenters. The maximum absolute atomic E-state index is 6.12. The van der Waals surface area contributed by atoms with Gasteiger partial charge in [-0.05, 0) is 34.2 Å². The van der Waals surface area contributed by atoms with E-state index in [1.54, 1.807) is 0 Å². The molecule has 3 nitrogen and oxygen atoms in total. The van der Waals surface area contributed by atoms with E-state index in [2.05, 4.69) is 41.8 Å². The molecule has 0 saturated carbocycles. The predicted octanol–water partition coefficient (Wildman–Crippen LogP) is 2.49. The van der Waals surface area contributed by atoms with Crippen LogP contribution in [0.5, 0.6) is 0 Å². The Morgan fingerprint density at radius 2 is 2.13 bits per heavy atom. The number of aromatic nitrogens is 2. The van der Waals surface area contributed by atoms with Crippen molar-refractivity contribution in [1.82, 2.24) is 9.78 Å². The molecule has 0 aliphatic rings. The minimum Gasteiger partial charge on any atom is -0.327 e. The van der Waals surface area contributed by atoms with Crippen LogP contribution < -0.4 is 5.73 Å². The lowest BCUT2D eigenvalue weighted by Gasteiger charge is -2.27. The second-order valence-corrected chi connectivity index (χ2v) is 5.93. The number of hydrogen-bond acceptors (Lipinski definition) is 2. The van der Waals surface area contributed by atoms with E-state index in [1.807, 2.05) is 17.9 Å². The molecule has 0 radical (unpaired) electrons. The van der Waals surface area contributed by atoms with E-state index >= 15 is 0 Å². The van der Waals surface area contributed by atoms with Gasteiger partial charge in [0, 0.05) is 13.1 Å². The molecule has 0 bridgehead atoms. The minimum absolute atomic E-state index is 0.172. The standard InChI is InChI=1S/C11H20BrN3/c1-11(2,3)10(13)6-5-9-8(12)7-14-15(9)4/h7,10H,5-6,13H2,1-4H3. The van der Waals surface area contributed by atoms with Gasteiger partial charge in [-0.1, -0.05) is 20.8 Å². The summed E-state index contributed by atoms with van der Waals surface area (Å²) in [5, 5.41) is 4.19. The summed E-state index contributed by atoms with van der Waals surface area (Å²) < 4.78 is 2.98. The van der Waals surface area contributed by atoms with Gasteiger partial charge < -0.3 is 5.73 Å². The van der Waals surface area contributed by atoms with Gasteiger partial charge in [0.1, 0.15) is 0 Å². The molecule has 0 aliphatic heterocycles. The summed E-state index contributed by atoms with van der Waals surface area (Å²) in [6.45, 7) is 6.53. The third-order valence-corrected chi connectivity index (χ3v) is 3.48. The number of rotatable bonds is 3. The molecule has 86 valence electrons. The van der Waals surface area contributed by atoms with Crippen molar-refractivity contribution in [2.24, 2.45) is 18.2 Å². The molecule has 0 aliphatic carbocycles. The largest absolute Gasteiger partial charge is 0.327 e. The molecule has 0 fully saturated rings. The average molecular weight is 274 g/mol. The lowest BCUT2D eigenvalue weighted by atomic mass is 9.84. The Hall–Kier alpha value is -0.350. The highest BCUT2D eigenvalue weighted by Gasteiger charge is 2.21. The smallest absolute Gasteiger partial charge is 0.0635 e. The van der Waals surface area contributed by atoms with Crippen molar-refractivity contribution in [1.29, 1.82) is 0 Å². The molecule has 4 heteroatoms. The van der Waals surface area contributed by atoms with E-state index in [9.17, 15) is 0 Å². The third kappa shape index (κ3) is 3.31. The molecular formula is C11H20BrN3. The maximum Gasteiger partial charge on any atom is 0.0635 e. The highest BCUT2D eigenvalue weighted by molar-refractivity contribution is 9.10. The van der Waals surface area contributed by atoms with Crippen molar-refractivity contribution in [2.75, 3.05) is 0 Å². The van der Waals surface area contributed by atoms with Crippen molar-refractivity contribution in [3.63, 3.8) is 0 Å². The van der Waals surface area contributed by atoms with E-state index in [4.69, 9.17) is 5.73 Å². The van der Waals surface area contributed by atoms with Crippen molar-refractivity contribution < 1.29 is 0 Å². The van der Waals surface area contributed by atoms with Crippen LogP contribution in [0.4, 0.5) is 0 Å². The molecule has 0 spiro atoms. The van der Waals surface area contributed by atoms with Gasteiger partial charge in [-0.2, -0.15) is 5.10 Å². The molecule has 1 rings (SSSR count). The van der Waals surface area contributed by atoms with Gasteiger partial charge in [0.05, 0.1) is 16.4 Å². The van der Waals surface area contributed by atoms with Crippen LogP contribution in [-0.2, 0) is 13.5 Å². The van der Waals surface area contributed by atoms with Crippen LogP contribution in [0.15, 0.2) is 10.7 Å². The monoisotopic (exact) mass is 273 g/mol. The summed E-state index contributed by atoms with van der Waals surface area (Å²) in [7, 11) is 1.96. The van der Waals surface area contributed by atoms with Crippen molar-refractivity contribution in [3.8, 4) is 0 Å². The topological polar surface area (TPSA) is 43.8 Å². The number of nitrogens with zero attached hydrogens (tertiary/aromatic N) is 2. The second-order valence-electron chi connectivity index (χ2n) is 5.07. The van der Waals surface area contributed by atoms with Gasteiger partial charge in [-0.15, -0.1) is 0 Å². The summed E-state index contributed by atoms with van der Waals surface area (Å²) >= 11 is 3.49. The van der Waals surface area contributed by atoms with Crippen LogP contribution >= 0.6 is 15.9 Å². The Bertz CT molecular complexity index is 306. The first-order valence-electron chi connectivity index (χ1n) is 5.24. The first kappa shape index (κ1) is 12.7. The molecular weight excluding hydrogens is 254 g/mol. The first-order valence-corrected chi connectivity index (χ1v) is 6.03. The fourth-order valence-corrected chi connectivity index (χ4v) is 1.99. The van der Waals surface area contributed by atoms with Crippen LogP contribution in [0.2, 0.25) is 0 Å². The van der Waals surface area contributed by atoms with Crippen LogP contribution in [0.1, 0.15) is 32.9 Å². The molecule has 0 saturated heterocycles. The summed E-state index contributed by atoms with van der Waals surface area (Å²) in [5.41, 5.74) is 7.51. The molecule has 15 heavy (non-hydrogen) atoms. The van der Waals surface area contributed by atoms with Crippen LogP contribution in [0.3, 0.4) is 0 Å². The average Bonchev–Trinajstić information content (AvgIpc) is 2.41. The van der Waals surface area contributed by atoms with E-state index < -0.39 is 0 Å². The summed E-state index contributed by atoms with van der Waals surface area (Å²) in [6.07, 6.45) is 3.79. The van der Waals surface area contributed by atoms with E-state index in [-0.39, 0.29) is 11.5 Å². The van der Waals surface area contributed by atoms with Gasteiger partial charge in [0.25, 0.3) is 0 Å². The summed E-state index contributed by atoms with van der Waals surface area (Å²) in [6, 6.07) is 0.222. The van der Waals surface area contributed by atoms with Gasteiger partial charge in [-0.3, -0.25) is 4.68 Å². The Balaban J connectivity index is 2.58. The number of aryl methyl sites for hydroxylation is 1. The quantitative estimate of drug-likeness (QED) is 0.920. The van der Waals surface area contributed by atoms with E-state index in [0.29, 0.717) is 0 Å². The first-order chi connectivity index (χ1) is 6.82. The lowest BCUT2D eigenvalue weighted by Crippen LogP contribution is -2.35. The van der Waals surface area contributed by atoms with Crippen LogP contribution in [-0.4, -0.2) is 15.8 Å². The lowest BCUT2D eigenvalue weighted by molar-refractivity contribution is 0.304. The minimum atomic E-state index is 0.172. The summed E-state index contributed by atoms with van der Waals surface area (Å²) in [5.74, 6) is 0. The van der Waals surface area contributed by atoms with Gasteiger partial charge in [0.2, 0.25) is 0 Å². The van der Waals surface area contributed by atoms with Crippen molar-refractivity contribution in [3.05, 3.63) is 16.4 Å². The molecule has 1 aromatic heterocycles. The highest BCUT2D eigenvalue weighted by Crippen LogP contribution is 2.23. The predicted molar refractivity (Wildman–Crippen MR) is 66.7 cm³/mol. The zero-order valence-electron chi connectivity index (χ0n) is 9.92. The molecule has 1 aromatic rings. The zero-order chi connectivity index (χ0) is 11.6. The Morgan fingerprint density at radius 1 is 1.53 bits per heavy atom. The maximum atomic E-state index is 6.12. The second kappa shape index (κ2) is 4.66. The molecule has 0 amide bonds. The van der Waals surface area contributed by atoms with E-state index in [1.165, 1.54) is 5.69 Å². The third-order valence-electron chi connectivity index (χ3n) is 2.82. The molecule has 1 unspecified atom stereocenters. The molecule has 1 heterocycles. The van der Waals surface area contributed by atoms with Crippen LogP contribution in [0.25, 0.3) is 0 Å². The fourth-order valence-electron chi connectivity index (χ4n) is 1.44. The van der Waals surface area contributed by atoms with E-state index in [0.717, 1.165) is 17.3 Å². The number of nitrogens with two attached hydrogens (primary N) is 1. The van der Waals surface area contributed by atoms with Gasteiger partial charge in [-0.25, -0.2) is 0 Å². The zero-order valence-corrected chi connectivity index (χ0v) is 11.5. The van der Waals surface area contributed by atoms with Crippen molar-refractivity contribution in [2.45, 2.75) is 39.7 Å². The van der Waals surface area contributed by atoms with Gasteiger partial charge in [0.15, 0.2) is 0 Å². The van der Waals surface area contributed by atoms with Crippen molar-refractivity contribution >= 4 is 15.9 Å². The fraction of sp³-hybridized carbons (Fsp3) is 0.727. The summed E-state index contributed by atoms with van der Waals surface area (Å²) in [4.78, 5) is 0. The number of hydrogen-bond donors (Lipinski definition) is 1. The Morgan fingerprint density at radius 3 is 2.53 bits per heavy atom. The molecule has 2 N–H and O–H groups in total. The molecule has 0 aromatic carbocycles.